The zero-order chi connectivity index (χ0) is 15.4. The summed E-state index contributed by atoms with van der Waals surface area (Å²) in [4.78, 5) is 16.4. The van der Waals surface area contributed by atoms with Gasteiger partial charge in [-0.2, -0.15) is 0 Å². The number of carbonyl (C=O) groups excluding carboxylic acids is 1. The van der Waals surface area contributed by atoms with Crippen molar-refractivity contribution in [3.63, 3.8) is 0 Å². The Balaban J connectivity index is 0.00000192. The van der Waals surface area contributed by atoms with E-state index in [9.17, 15) is 4.79 Å². The summed E-state index contributed by atoms with van der Waals surface area (Å²) in [6.45, 7) is 1.86. The number of benzene rings is 1. The van der Waals surface area contributed by atoms with Crippen molar-refractivity contribution in [1.29, 1.82) is 0 Å². The van der Waals surface area contributed by atoms with Crippen molar-refractivity contribution in [2.24, 2.45) is 0 Å². The van der Waals surface area contributed by atoms with Crippen LogP contribution in [-0.4, -0.2) is 30.0 Å². The molecule has 124 valence electrons. The normalized spacial score (nSPS) is 17.3. The fourth-order valence-electron chi connectivity index (χ4n) is 2.53. The number of nitrogens with zero attached hydrogens (tertiary/aromatic N) is 1. The molecule has 1 aromatic carbocycles. The van der Waals surface area contributed by atoms with Gasteiger partial charge < -0.3 is 15.1 Å². The molecule has 1 aliphatic heterocycles. The van der Waals surface area contributed by atoms with Gasteiger partial charge in [0.2, 0.25) is 11.8 Å². The second-order valence-corrected chi connectivity index (χ2v) is 5.87. The third-order valence-corrected chi connectivity index (χ3v) is 3.90. The van der Waals surface area contributed by atoms with Crippen LogP contribution in [-0.2, 0) is 11.2 Å². The van der Waals surface area contributed by atoms with Gasteiger partial charge in [0.1, 0.15) is 6.26 Å². The van der Waals surface area contributed by atoms with Crippen LogP contribution in [0.15, 0.2) is 34.9 Å². The molecule has 1 fully saturated rings. The Labute approximate surface area is 146 Å². The van der Waals surface area contributed by atoms with Crippen molar-refractivity contribution in [2.45, 2.75) is 25.3 Å². The van der Waals surface area contributed by atoms with Crippen LogP contribution in [0.5, 0.6) is 0 Å². The third kappa shape index (κ3) is 4.96. The number of carbonyl (C=O) groups is 1. The smallest absolute Gasteiger partial charge is 0.226 e. The summed E-state index contributed by atoms with van der Waals surface area (Å²) in [6.07, 6.45) is 3.87. The SMILES string of the molecule is Cl.O=C(Cc1coc(-c2ccc(Cl)cc2)n1)N[C@H]1CCCNC1. The highest BCUT2D eigenvalue weighted by Gasteiger charge is 2.16. The van der Waals surface area contributed by atoms with Crippen molar-refractivity contribution < 1.29 is 9.21 Å². The van der Waals surface area contributed by atoms with E-state index in [1.54, 1.807) is 12.1 Å². The molecule has 1 atom stereocenters. The second kappa shape index (κ2) is 8.34. The van der Waals surface area contributed by atoms with Crippen molar-refractivity contribution >= 4 is 29.9 Å². The number of oxazole rings is 1. The fourth-order valence-corrected chi connectivity index (χ4v) is 2.66. The number of nitrogens with one attached hydrogen (secondary N) is 2. The van der Waals surface area contributed by atoms with Crippen LogP contribution in [0.3, 0.4) is 0 Å². The van der Waals surface area contributed by atoms with E-state index in [4.69, 9.17) is 16.0 Å². The van der Waals surface area contributed by atoms with Crippen molar-refractivity contribution in [3.05, 3.63) is 41.2 Å². The molecule has 1 aromatic heterocycles. The molecule has 0 unspecified atom stereocenters. The molecule has 2 aromatic rings. The molecule has 0 saturated carbocycles. The number of amides is 1. The highest BCUT2D eigenvalue weighted by atomic mass is 35.5. The number of hydrogen-bond donors (Lipinski definition) is 2. The monoisotopic (exact) mass is 355 g/mol. The van der Waals surface area contributed by atoms with Gasteiger partial charge in [0, 0.05) is 23.2 Å². The first kappa shape index (κ1) is 17.8. The van der Waals surface area contributed by atoms with E-state index in [1.807, 2.05) is 12.1 Å². The molecule has 23 heavy (non-hydrogen) atoms. The molecule has 0 spiro atoms. The lowest BCUT2D eigenvalue weighted by Gasteiger charge is -2.23. The Hall–Kier alpha value is -1.56. The van der Waals surface area contributed by atoms with E-state index in [1.165, 1.54) is 6.26 Å². The van der Waals surface area contributed by atoms with Gasteiger partial charge in [0.05, 0.1) is 12.1 Å². The standard InChI is InChI=1S/C16H18ClN3O2.ClH/c17-12-5-3-11(4-6-12)16-20-14(10-22-16)8-15(21)19-13-2-1-7-18-9-13;/h3-6,10,13,18H,1-2,7-9H2,(H,19,21);1H/t13-;/m0./s1. The maximum Gasteiger partial charge on any atom is 0.226 e. The van der Waals surface area contributed by atoms with Crippen LogP contribution in [0.4, 0.5) is 0 Å². The van der Waals surface area contributed by atoms with E-state index in [0.717, 1.165) is 31.5 Å². The lowest BCUT2D eigenvalue weighted by molar-refractivity contribution is -0.121. The maximum absolute atomic E-state index is 12.0. The quantitative estimate of drug-likeness (QED) is 0.884. The number of piperidine rings is 1. The van der Waals surface area contributed by atoms with E-state index in [-0.39, 0.29) is 30.8 Å². The average molecular weight is 356 g/mol. The van der Waals surface area contributed by atoms with E-state index < -0.39 is 0 Å². The lowest BCUT2D eigenvalue weighted by atomic mass is 10.1. The minimum atomic E-state index is -0.0235. The largest absolute Gasteiger partial charge is 0.444 e. The first-order valence-corrected chi connectivity index (χ1v) is 7.79. The predicted molar refractivity (Wildman–Crippen MR) is 91.9 cm³/mol. The van der Waals surface area contributed by atoms with Gasteiger partial charge in [-0.3, -0.25) is 4.79 Å². The Morgan fingerprint density at radius 2 is 2.17 bits per heavy atom. The molecular formula is C16H19Cl2N3O2. The van der Waals surface area contributed by atoms with E-state index >= 15 is 0 Å². The summed E-state index contributed by atoms with van der Waals surface area (Å²) >= 11 is 5.86. The van der Waals surface area contributed by atoms with Crippen LogP contribution < -0.4 is 10.6 Å². The Bertz CT molecular complexity index is 637. The van der Waals surface area contributed by atoms with E-state index in [0.29, 0.717) is 16.6 Å². The van der Waals surface area contributed by atoms with Gasteiger partial charge in [-0.15, -0.1) is 12.4 Å². The maximum atomic E-state index is 12.0. The Morgan fingerprint density at radius 3 is 2.87 bits per heavy atom. The topological polar surface area (TPSA) is 67.2 Å². The number of rotatable bonds is 4. The summed E-state index contributed by atoms with van der Waals surface area (Å²) in [5.41, 5.74) is 1.47. The van der Waals surface area contributed by atoms with Crippen molar-refractivity contribution in [2.75, 3.05) is 13.1 Å². The first-order valence-electron chi connectivity index (χ1n) is 7.41. The number of halogens is 2. The molecule has 5 nitrogen and oxygen atoms in total. The molecule has 0 bridgehead atoms. The van der Waals surface area contributed by atoms with Gasteiger partial charge in [0.15, 0.2) is 0 Å². The lowest BCUT2D eigenvalue weighted by Crippen LogP contribution is -2.46. The van der Waals surface area contributed by atoms with Crippen LogP contribution in [0, 0.1) is 0 Å². The zero-order valence-corrected chi connectivity index (χ0v) is 14.1. The van der Waals surface area contributed by atoms with Gasteiger partial charge in [-0.1, -0.05) is 11.6 Å². The minimum absolute atomic E-state index is 0. The molecule has 0 aliphatic carbocycles. The van der Waals surface area contributed by atoms with Gasteiger partial charge in [-0.25, -0.2) is 4.98 Å². The summed E-state index contributed by atoms with van der Waals surface area (Å²) < 4.78 is 5.43. The Kier molecular flexibility index (Phi) is 6.45. The summed E-state index contributed by atoms with van der Waals surface area (Å²) in [5, 5.41) is 6.96. The first-order chi connectivity index (χ1) is 10.7. The zero-order valence-electron chi connectivity index (χ0n) is 12.5. The molecular weight excluding hydrogens is 337 g/mol. The number of hydrogen-bond acceptors (Lipinski definition) is 4. The van der Waals surface area contributed by atoms with Crippen LogP contribution >= 0.6 is 24.0 Å². The second-order valence-electron chi connectivity index (χ2n) is 5.44. The van der Waals surface area contributed by atoms with Crippen LogP contribution in [0.1, 0.15) is 18.5 Å². The minimum Gasteiger partial charge on any atom is -0.444 e. The average Bonchev–Trinajstić information content (AvgIpc) is 2.97. The molecule has 1 amide bonds. The van der Waals surface area contributed by atoms with Crippen molar-refractivity contribution in [3.8, 4) is 11.5 Å². The predicted octanol–water partition coefficient (Wildman–Crippen LogP) is 2.83. The molecule has 2 heterocycles. The molecule has 1 saturated heterocycles. The summed E-state index contributed by atoms with van der Waals surface area (Å²) in [7, 11) is 0. The fraction of sp³-hybridized carbons (Fsp3) is 0.375. The summed E-state index contributed by atoms with van der Waals surface area (Å²) in [6, 6.07) is 7.45. The highest BCUT2D eigenvalue weighted by molar-refractivity contribution is 6.30. The van der Waals surface area contributed by atoms with Gasteiger partial charge in [0.25, 0.3) is 0 Å². The molecule has 2 N–H and O–H groups in total. The highest BCUT2D eigenvalue weighted by Crippen LogP contribution is 2.21. The Morgan fingerprint density at radius 1 is 1.39 bits per heavy atom. The molecule has 1 aliphatic rings. The third-order valence-electron chi connectivity index (χ3n) is 3.65. The van der Waals surface area contributed by atoms with Crippen molar-refractivity contribution in [1.82, 2.24) is 15.6 Å². The molecule has 3 rings (SSSR count). The molecule has 7 heteroatoms. The van der Waals surface area contributed by atoms with E-state index in [2.05, 4.69) is 15.6 Å². The van der Waals surface area contributed by atoms with Crippen LogP contribution in [0.2, 0.25) is 5.02 Å². The van der Waals surface area contributed by atoms with Crippen LogP contribution in [0.25, 0.3) is 11.5 Å². The summed E-state index contributed by atoms with van der Waals surface area (Å²) in [5.74, 6) is 0.475. The van der Waals surface area contributed by atoms with Gasteiger partial charge >= 0.3 is 0 Å². The molecule has 0 radical (unpaired) electrons. The van der Waals surface area contributed by atoms with Gasteiger partial charge in [-0.05, 0) is 43.7 Å². The number of aromatic nitrogens is 1.